The Balaban J connectivity index is 1.42. The van der Waals surface area contributed by atoms with Crippen molar-refractivity contribution in [2.75, 3.05) is 6.54 Å². The van der Waals surface area contributed by atoms with Crippen molar-refractivity contribution in [2.24, 2.45) is 11.8 Å². The first-order chi connectivity index (χ1) is 7.31. The summed E-state index contributed by atoms with van der Waals surface area (Å²) in [7, 11) is 0. The van der Waals surface area contributed by atoms with Crippen LogP contribution in [-0.4, -0.2) is 24.5 Å². The lowest BCUT2D eigenvalue weighted by Gasteiger charge is -2.22. The molecule has 3 atom stereocenters. The first-order valence-electron chi connectivity index (χ1n) is 6.34. The molecule has 0 radical (unpaired) electrons. The van der Waals surface area contributed by atoms with E-state index in [1.807, 2.05) is 0 Å². The van der Waals surface area contributed by atoms with E-state index in [-0.39, 0.29) is 5.91 Å². The molecule has 0 aromatic heterocycles. The predicted octanol–water partition coefficient (Wildman–Crippen LogP) is 1.04. The van der Waals surface area contributed by atoms with Gasteiger partial charge in [-0.15, -0.1) is 0 Å². The summed E-state index contributed by atoms with van der Waals surface area (Å²) in [5, 5.41) is 6.45. The number of carbonyl (C=O) groups excluding carboxylic acids is 1. The first-order valence-corrected chi connectivity index (χ1v) is 6.34. The maximum atomic E-state index is 11.6. The van der Waals surface area contributed by atoms with Gasteiger partial charge in [-0.3, -0.25) is 4.79 Å². The molecule has 0 aliphatic heterocycles. The molecular formula is C12H20N2O. The minimum atomic E-state index is 0.208. The van der Waals surface area contributed by atoms with E-state index in [4.69, 9.17) is 0 Å². The number of nitrogens with one attached hydrogen (secondary N) is 2. The lowest BCUT2D eigenvalue weighted by Crippen LogP contribution is -2.43. The molecule has 3 unspecified atom stereocenters. The number of fused-ring (bicyclic) bond motifs is 2. The van der Waals surface area contributed by atoms with Gasteiger partial charge in [0.25, 0.3) is 0 Å². The Morgan fingerprint density at radius 1 is 1.13 bits per heavy atom. The van der Waals surface area contributed by atoms with Gasteiger partial charge in [0, 0.05) is 12.1 Å². The summed E-state index contributed by atoms with van der Waals surface area (Å²) < 4.78 is 0. The minimum Gasteiger partial charge on any atom is -0.352 e. The zero-order valence-corrected chi connectivity index (χ0v) is 9.17. The highest BCUT2D eigenvalue weighted by molar-refractivity contribution is 5.78. The van der Waals surface area contributed by atoms with Gasteiger partial charge in [0.1, 0.15) is 0 Å². The van der Waals surface area contributed by atoms with Crippen LogP contribution in [-0.2, 0) is 4.79 Å². The fraction of sp³-hybridized carbons (Fsp3) is 0.917. The van der Waals surface area contributed by atoms with Gasteiger partial charge in [0.2, 0.25) is 5.91 Å². The van der Waals surface area contributed by atoms with E-state index in [0.717, 1.165) is 11.8 Å². The van der Waals surface area contributed by atoms with Crippen LogP contribution in [0.4, 0.5) is 0 Å². The molecule has 15 heavy (non-hydrogen) atoms. The van der Waals surface area contributed by atoms with Crippen LogP contribution in [0.5, 0.6) is 0 Å². The normalized spacial score (nSPS) is 38.3. The highest BCUT2D eigenvalue weighted by Gasteiger charge is 2.40. The summed E-state index contributed by atoms with van der Waals surface area (Å²) in [6, 6.07) is 1.13. The molecule has 3 heteroatoms. The molecule has 3 nitrogen and oxygen atoms in total. The molecule has 0 spiro atoms. The van der Waals surface area contributed by atoms with Crippen molar-refractivity contribution in [2.45, 2.75) is 50.6 Å². The molecule has 3 rings (SSSR count). The largest absolute Gasteiger partial charge is 0.352 e. The molecule has 84 valence electrons. The topological polar surface area (TPSA) is 41.1 Å². The van der Waals surface area contributed by atoms with Crippen LogP contribution < -0.4 is 10.6 Å². The third kappa shape index (κ3) is 2.17. The molecule has 0 aromatic rings. The molecule has 2 N–H and O–H groups in total. The maximum absolute atomic E-state index is 11.6. The van der Waals surface area contributed by atoms with E-state index in [1.54, 1.807) is 0 Å². The Morgan fingerprint density at radius 3 is 2.60 bits per heavy atom. The van der Waals surface area contributed by atoms with E-state index < -0.39 is 0 Å². The quantitative estimate of drug-likeness (QED) is 0.725. The number of rotatable bonds is 4. The number of hydrogen-bond acceptors (Lipinski definition) is 2. The van der Waals surface area contributed by atoms with E-state index in [9.17, 15) is 4.79 Å². The molecule has 3 fully saturated rings. The molecular weight excluding hydrogens is 188 g/mol. The minimum absolute atomic E-state index is 0.208. The van der Waals surface area contributed by atoms with Gasteiger partial charge in [0.05, 0.1) is 6.54 Å². The zero-order chi connectivity index (χ0) is 10.3. The Bertz CT molecular complexity index is 262. The number of amides is 1. The van der Waals surface area contributed by atoms with E-state index in [0.29, 0.717) is 18.6 Å². The third-order valence-electron chi connectivity index (χ3n) is 4.21. The standard InChI is InChI=1S/C12H20N2O/c15-12(7-13-10-3-4-10)14-11-6-8-1-2-9(11)5-8/h8-11,13H,1-7H2,(H,14,15). The van der Waals surface area contributed by atoms with Crippen LogP contribution in [0.25, 0.3) is 0 Å². The van der Waals surface area contributed by atoms with Crippen LogP contribution >= 0.6 is 0 Å². The molecule has 2 bridgehead atoms. The predicted molar refractivity (Wildman–Crippen MR) is 58.4 cm³/mol. The van der Waals surface area contributed by atoms with Gasteiger partial charge in [0.15, 0.2) is 0 Å². The van der Waals surface area contributed by atoms with Crippen molar-refractivity contribution in [3.8, 4) is 0 Å². The van der Waals surface area contributed by atoms with Gasteiger partial charge < -0.3 is 10.6 Å². The van der Waals surface area contributed by atoms with Crippen LogP contribution in [0.15, 0.2) is 0 Å². The third-order valence-corrected chi connectivity index (χ3v) is 4.21. The average molecular weight is 208 g/mol. The Kier molecular flexibility index (Phi) is 2.43. The van der Waals surface area contributed by atoms with Crippen molar-refractivity contribution in [1.29, 1.82) is 0 Å². The second kappa shape index (κ2) is 3.78. The monoisotopic (exact) mass is 208 g/mol. The van der Waals surface area contributed by atoms with Gasteiger partial charge in [-0.05, 0) is 43.9 Å². The second-order valence-electron chi connectivity index (χ2n) is 5.50. The van der Waals surface area contributed by atoms with Crippen LogP contribution in [0, 0.1) is 11.8 Å². The van der Waals surface area contributed by atoms with Gasteiger partial charge in [-0.25, -0.2) is 0 Å². The zero-order valence-electron chi connectivity index (χ0n) is 9.17. The smallest absolute Gasteiger partial charge is 0.234 e. The molecule has 3 aliphatic carbocycles. The van der Waals surface area contributed by atoms with Crippen LogP contribution in [0.2, 0.25) is 0 Å². The van der Waals surface area contributed by atoms with Crippen LogP contribution in [0.3, 0.4) is 0 Å². The van der Waals surface area contributed by atoms with Crippen molar-refractivity contribution in [3.05, 3.63) is 0 Å². The maximum Gasteiger partial charge on any atom is 0.234 e. The van der Waals surface area contributed by atoms with Crippen molar-refractivity contribution >= 4 is 5.91 Å². The summed E-state index contributed by atoms with van der Waals surface area (Å²) in [5.74, 6) is 1.91. The van der Waals surface area contributed by atoms with Crippen molar-refractivity contribution in [3.63, 3.8) is 0 Å². The van der Waals surface area contributed by atoms with E-state index >= 15 is 0 Å². The molecule has 3 saturated carbocycles. The fourth-order valence-corrected chi connectivity index (χ4v) is 3.20. The summed E-state index contributed by atoms with van der Waals surface area (Å²) in [6.07, 6.45) is 7.84. The van der Waals surface area contributed by atoms with Crippen LogP contribution in [0.1, 0.15) is 38.5 Å². The van der Waals surface area contributed by atoms with Gasteiger partial charge in [-0.1, -0.05) is 6.42 Å². The highest BCUT2D eigenvalue weighted by atomic mass is 16.2. The highest BCUT2D eigenvalue weighted by Crippen LogP contribution is 2.44. The molecule has 0 aromatic carbocycles. The summed E-state index contributed by atoms with van der Waals surface area (Å²) in [4.78, 5) is 11.6. The second-order valence-corrected chi connectivity index (χ2v) is 5.50. The van der Waals surface area contributed by atoms with E-state index in [2.05, 4.69) is 10.6 Å². The van der Waals surface area contributed by atoms with Gasteiger partial charge >= 0.3 is 0 Å². The Labute approximate surface area is 91.0 Å². The Morgan fingerprint density at radius 2 is 2.00 bits per heavy atom. The fourth-order valence-electron chi connectivity index (χ4n) is 3.20. The lowest BCUT2D eigenvalue weighted by atomic mass is 9.95. The summed E-state index contributed by atoms with van der Waals surface area (Å²) in [5.41, 5.74) is 0. The number of hydrogen-bond donors (Lipinski definition) is 2. The number of carbonyl (C=O) groups is 1. The SMILES string of the molecule is O=C(CNC1CC1)NC1CC2CCC1C2. The molecule has 1 amide bonds. The van der Waals surface area contributed by atoms with Crippen molar-refractivity contribution < 1.29 is 4.79 Å². The molecule has 0 heterocycles. The average Bonchev–Trinajstić information content (AvgIpc) is 2.84. The first kappa shape index (κ1) is 9.64. The molecule has 3 aliphatic rings. The summed E-state index contributed by atoms with van der Waals surface area (Å²) in [6.45, 7) is 0.526. The Hall–Kier alpha value is -0.570. The summed E-state index contributed by atoms with van der Waals surface area (Å²) >= 11 is 0. The van der Waals surface area contributed by atoms with Gasteiger partial charge in [-0.2, -0.15) is 0 Å². The lowest BCUT2D eigenvalue weighted by molar-refractivity contribution is -0.121. The van der Waals surface area contributed by atoms with E-state index in [1.165, 1.54) is 38.5 Å². The van der Waals surface area contributed by atoms with Crippen molar-refractivity contribution in [1.82, 2.24) is 10.6 Å². The molecule has 0 saturated heterocycles.